The Hall–Kier alpha value is -1.26. The number of ether oxygens (including phenoxy) is 1. The number of amides is 1. The van der Waals surface area contributed by atoms with Gasteiger partial charge in [0.15, 0.2) is 0 Å². The van der Waals surface area contributed by atoms with Crippen LogP contribution in [0.5, 0.6) is 0 Å². The van der Waals surface area contributed by atoms with Gasteiger partial charge in [-0.1, -0.05) is 6.92 Å². The van der Waals surface area contributed by atoms with Gasteiger partial charge in [0.2, 0.25) is 0 Å². The first kappa shape index (κ1) is 12.8. The van der Waals surface area contributed by atoms with E-state index in [0.29, 0.717) is 0 Å². The summed E-state index contributed by atoms with van der Waals surface area (Å²) in [5.41, 5.74) is -0.930. The summed E-state index contributed by atoms with van der Waals surface area (Å²) >= 11 is 0. The molecule has 2 N–H and O–H groups in total. The van der Waals surface area contributed by atoms with Gasteiger partial charge in [0.1, 0.15) is 11.6 Å². The number of hydrogen-bond acceptors (Lipinski definition) is 3. The summed E-state index contributed by atoms with van der Waals surface area (Å²) in [7, 11) is 0. The molecule has 1 rings (SSSR count). The van der Waals surface area contributed by atoms with E-state index in [9.17, 15) is 9.59 Å². The highest BCUT2D eigenvalue weighted by Gasteiger charge is 2.49. The molecule has 0 bridgehead atoms. The average molecular weight is 229 g/mol. The molecular weight excluding hydrogens is 210 g/mol. The van der Waals surface area contributed by atoms with Crippen LogP contribution in [0.25, 0.3) is 0 Å². The fourth-order valence-corrected chi connectivity index (χ4v) is 1.45. The molecule has 1 saturated carbocycles. The number of carbonyl (C=O) groups is 2. The lowest BCUT2D eigenvalue weighted by molar-refractivity contribution is -0.141. The molecule has 0 aromatic rings. The molecule has 5 nitrogen and oxygen atoms in total. The molecule has 16 heavy (non-hydrogen) atoms. The van der Waals surface area contributed by atoms with Crippen molar-refractivity contribution in [3.63, 3.8) is 0 Å². The lowest BCUT2D eigenvalue weighted by Gasteiger charge is -2.24. The molecular formula is C11H19NO4. The number of hydrogen-bond donors (Lipinski definition) is 2. The van der Waals surface area contributed by atoms with E-state index in [1.54, 1.807) is 20.8 Å². The zero-order chi connectivity index (χ0) is 12.6. The van der Waals surface area contributed by atoms with Gasteiger partial charge >= 0.3 is 12.1 Å². The van der Waals surface area contributed by atoms with Gasteiger partial charge in [0, 0.05) is 0 Å². The molecule has 0 aromatic heterocycles. The number of carboxylic acid groups (broad SMARTS) is 1. The molecule has 1 amide bonds. The van der Waals surface area contributed by atoms with Crippen LogP contribution in [-0.4, -0.2) is 28.8 Å². The largest absolute Gasteiger partial charge is 0.480 e. The molecule has 0 spiro atoms. The lowest BCUT2D eigenvalue weighted by atomic mass is 9.99. The van der Waals surface area contributed by atoms with Crippen LogP contribution in [0.3, 0.4) is 0 Å². The molecule has 0 aromatic carbocycles. The minimum absolute atomic E-state index is 0.317. The predicted octanol–water partition coefficient (Wildman–Crippen LogP) is 1.76. The summed E-state index contributed by atoms with van der Waals surface area (Å²) in [6.45, 7) is 7.06. The van der Waals surface area contributed by atoms with E-state index in [1.165, 1.54) is 0 Å². The van der Waals surface area contributed by atoms with Crippen molar-refractivity contribution in [1.29, 1.82) is 0 Å². The fourth-order valence-electron chi connectivity index (χ4n) is 1.45. The van der Waals surface area contributed by atoms with Crippen LogP contribution in [0.15, 0.2) is 0 Å². The quantitative estimate of drug-likeness (QED) is 0.773. The van der Waals surface area contributed by atoms with Crippen LogP contribution in [0.1, 0.15) is 40.5 Å². The first-order chi connectivity index (χ1) is 7.14. The highest BCUT2D eigenvalue weighted by atomic mass is 16.6. The monoisotopic (exact) mass is 229 g/mol. The Kier molecular flexibility index (Phi) is 3.17. The zero-order valence-electron chi connectivity index (χ0n) is 10.2. The topological polar surface area (TPSA) is 75.6 Å². The molecule has 92 valence electrons. The van der Waals surface area contributed by atoms with Crippen LogP contribution in [-0.2, 0) is 9.53 Å². The third-order valence-electron chi connectivity index (χ3n) is 2.64. The fraction of sp³-hybridized carbons (Fsp3) is 0.818. The summed E-state index contributed by atoms with van der Waals surface area (Å²) in [6, 6.07) is -0.859. The van der Waals surface area contributed by atoms with E-state index in [2.05, 4.69) is 5.32 Å². The number of rotatable bonds is 3. The van der Waals surface area contributed by atoms with Gasteiger partial charge < -0.3 is 15.2 Å². The molecule has 1 aliphatic rings. The van der Waals surface area contributed by atoms with Gasteiger partial charge in [-0.3, -0.25) is 0 Å². The molecule has 0 radical (unpaired) electrons. The van der Waals surface area contributed by atoms with E-state index < -0.39 is 23.7 Å². The van der Waals surface area contributed by atoms with E-state index in [4.69, 9.17) is 9.84 Å². The van der Waals surface area contributed by atoms with Gasteiger partial charge in [0.25, 0.3) is 0 Å². The molecule has 0 saturated heterocycles. The highest BCUT2D eigenvalue weighted by Crippen LogP contribution is 2.48. The first-order valence-electron chi connectivity index (χ1n) is 5.36. The molecule has 1 unspecified atom stereocenters. The van der Waals surface area contributed by atoms with Crippen molar-refractivity contribution >= 4 is 12.1 Å². The van der Waals surface area contributed by atoms with Crippen molar-refractivity contribution in [3.05, 3.63) is 0 Å². The number of nitrogens with one attached hydrogen (secondary N) is 1. The number of aliphatic carboxylic acids is 1. The highest BCUT2D eigenvalue weighted by molar-refractivity contribution is 5.81. The Morgan fingerprint density at radius 1 is 1.38 bits per heavy atom. The van der Waals surface area contributed by atoms with Gasteiger partial charge in [-0.25, -0.2) is 9.59 Å². The number of alkyl carbamates (subject to hydrolysis) is 1. The summed E-state index contributed by atoms with van der Waals surface area (Å²) in [6.07, 6.45) is 0.965. The van der Waals surface area contributed by atoms with Crippen LogP contribution in [0.2, 0.25) is 0 Å². The molecule has 0 aliphatic heterocycles. The van der Waals surface area contributed by atoms with Crippen LogP contribution in [0, 0.1) is 5.41 Å². The third-order valence-corrected chi connectivity index (χ3v) is 2.64. The molecule has 1 fully saturated rings. The Labute approximate surface area is 95.2 Å². The lowest BCUT2D eigenvalue weighted by Crippen LogP contribution is -2.47. The Bertz CT molecular complexity index is 302. The minimum Gasteiger partial charge on any atom is -0.480 e. The summed E-state index contributed by atoms with van der Waals surface area (Å²) in [5.74, 6) is -1.01. The van der Waals surface area contributed by atoms with Crippen molar-refractivity contribution < 1.29 is 19.4 Å². The van der Waals surface area contributed by atoms with Gasteiger partial charge in [-0.2, -0.15) is 0 Å². The maximum atomic E-state index is 11.5. The van der Waals surface area contributed by atoms with Crippen molar-refractivity contribution in [2.24, 2.45) is 5.41 Å². The Balaban J connectivity index is 2.57. The second kappa shape index (κ2) is 3.96. The number of carbonyl (C=O) groups excluding carboxylic acids is 1. The SMILES string of the molecule is CC(C)(C)OC(=O)NC(C(=O)O)C1(C)CC1. The van der Waals surface area contributed by atoms with Crippen molar-refractivity contribution in [2.45, 2.75) is 52.2 Å². The van der Waals surface area contributed by atoms with Gasteiger partial charge in [-0.15, -0.1) is 0 Å². The maximum absolute atomic E-state index is 11.5. The van der Waals surface area contributed by atoms with Crippen LogP contribution >= 0.6 is 0 Å². The van der Waals surface area contributed by atoms with Crippen molar-refractivity contribution in [1.82, 2.24) is 5.32 Å². The second-order valence-electron chi connectivity index (χ2n) is 5.57. The van der Waals surface area contributed by atoms with Crippen LogP contribution < -0.4 is 5.32 Å². The van der Waals surface area contributed by atoms with E-state index in [-0.39, 0.29) is 5.41 Å². The standard InChI is InChI=1S/C11H19NO4/c1-10(2,3)16-9(15)12-7(8(13)14)11(4)5-6-11/h7H,5-6H2,1-4H3,(H,12,15)(H,13,14). The van der Waals surface area contributed by atoms with Gasteiger partial charge in [0.05, 0.1) is 0 Å². The Morgan fingerprint density at radius 3 is 2.19 bits per heavy atom. The minimum atomic E-state index is -1.01. The molecule has 5 heteroatoms. The molecule has 1 atom stereocenters. The van der Waals surface area contributed by atoms with Crippen molar-refractivity contribution in [2.75, 3.05) is 0 Å². The maximum Gasteiger partial charge on any atom is 0.408 e. The van der Waals surface area contributed by atoms with Crippen molar-refractivity contribution in [3.8, 4) is 0 Å². The number of carboxylic acids is 1. The molecule has 0 heterocycles. The normalized spacial score (nSPS) is 19.8. The van der Waals surface area contributed by atoms with E-state index in [1.807, 2.05) is 6.92 Å². The predicted molar refractivity (Wildman–Crippen MR) is 58.1 cm³/mol. The second-order valence-corrected chi connectivity index (χ2v) is 5.57. The van der Waals surface area contributed by atoms with Crippen LogP contribution in [0.4, 0.5) is 4.79 Å². The summed E-state index contributed by atoms with van der Waals surface area (Å²) in [5, 5.41) is 11.4. The van der Waals surface area contributed by atoms with E-state index in [0.717, 1.165) is 12.8 Å². The average Bonchev–Trinajstić information content (AvgIpc) is 2.76. The van der Waals surface area contributed by atoms with Gasteiger partial charge in [-0.05, 0) is 39.0 Å². The third kappa shape index (κ3) is 3.40. The first-order valence-corrected chi connectivity index (χ1v) is 5.36. The molecule has 1 aliphatic carbocycles. The van der Waals surface area contributed by atoms with E-state index >= 15 is 0 Å². The summed E-state index contributed by atoms with van der Waals surface area (Å²) < 4.78 is 5.03. The zero-order valence-corrected chi connectivity index (χ0v) is 10.2. The smallest absolute Gasteiger partial charge is 0.408 e. The Morgan fingerprint density at radius 2 is 1.88 bits per heavy atom. The summed E-state index contributed by atoms with van der Waals surface area (Å²) in [4.78, 5) is 22.5.